The summed E-state index contributed by atoms with van der Waals surface area (Å²) in [5.41, 5.74) is -0.146. The van der Waals surface area contributed by atoms with Crippen LogP contribution < -0.4 is 5.32 Å². The number of hydrogen-bond acceptors (Lipinski definition) is 3. The van der Waals surface area contributed by atoms with Gasteiger partial charge in [-0.1, -0.05) is 6.92 Å². The summed E-state index contributed by atoms with van der Waals surface area (Å²) < 4.78 is 0. The van der Waals surface area contributed by atoms with Crippen molar-refractivity contribution in [1.82, 2.24) is 10.2 Å². The fraction of sp³-hybridized carbons (Fsp3) is 0.818. The van der Waals surface area contributed by atoms with Gasteiger partial charge in [0.05, 0.1) is 12.6 Å². The molecule has 4 nitrogen and oxygen atoms in total. The van der Waals surface area contributed by atoms with E-state index in [0.717, 1.165) is 6.42 Å². The zero-order chi connectivity index (χ0) is 11.9. The maximum absolute atomic E-state index is 11.6. The summed E-state index contributed by atoms with van der Waals surface area (Å²) in [6, 6.07) is 2.06. The SMILES string of the molecule is CCC(C)(C)NC(=O)CN(C)CCC#N. The van der Waals surface area contributed by atoms with Crippen LogP contribution in [-0.4, -0.2) is 36.5 Å². The molecule has 0 aliphatic carbocycles. The van der Waals surface area contributed by atoms with Gasteiger partial charge in [0.1, 0.15) is 0 Å². The third kappa shape index (κ3) is 6.92. The summed E-state index contributed by atoms with van der Waals surface area (Å²) >= 11 is 0. The molecule has 0 aromatic carbocycles. The normalized spacial score (nSPS) is 11.2. The number of rotatable bonds is 6. The second kappa shape index (κ2) is 6.41. The van der Waals surface area contributed by atoms with Crippen molar-refractivity contribution in [3.63, 3.8) is 0 Å². The predicted molar refractivity (Wildman–Crippen MR) is 60.2 cm³/mol. The fourth-order valence-corrected chi connectivity index (χ4v) is 1.07. The van der Waals surface area contributed by atoms with Crippen molar-refractivity contribution in [2.45, 2.75) is 39.2 Å². The highest BCUT2D eigenvalue weighted by Gasteiger charge is 2.18. The number of carbonyl (C=O) groups is 1. The lowest BCUT2D eigenvalue weighted by molar-refractivity contribution is -0.123. The third-order valence-corrected chi connectivity index (χ3v) is 2.38. The van der Waals surface area contributed by atoms with Crippen LogP contribution in [0.1, 0.15) is 33.6 Å². The quantitative estimate of drug-likeness (QED) is 0.716. The molecule has 0 aliphatic heterocycles. The second-order valence-electron chi connectivity index (χ2n) is 4.43. The fourth-order valence-electron chi connectivity index (χ4n) is 1.07. The summed E-state index contributed by atoms with van der Waals surface area (Å²) in [5.74, 6) is 0.0160. The highest BCUT2D eigenvalue weighted by molar-refractivity contribution is 5.78. The van der Waals surface area contributed by atoms with Crippen LogP contribution in [0.2, 0.25) is 0 Å². The van der Waals surface area contributed by atoms with Crippen LogP contribution in [0.3, 0.4) is 0 Å². The van der Waals surface area contributed by atoms with E-state index in [-0.39, 0.29) is 11.4 Å². The van der Waals surface area contributed by atoms with Crippen LogP contribution in [0.25, 0.3) is 0 Å². The average molecular weight is 211 g/mol. The summed E-state index contributed by atoms with van der Waals surface area (Å²) in [5, 5.41) is 11.3. The van der Waals surface area contributed by atoms with E-state index in [1.165, 1.54) is 0 Å². The second-order valence-corrected chi connectivity index (χ2v) is 4.43. The molecule has 0 aromatic rings. The van der Waals surface area contributed by atoms with E-state index in [9.17, 15) is 4.79 Å². The van der Waals surface area contributed by atoms with E-state index in [0.29, 0.717) is 19.5 Å². The van der Waals surface area contributed by atoms with Gasteiger partial charge in [0.15, 0.2) is 0 Å². The first-order chi connectivity index (χ1) is 6.91. The van der Waals surface area contributed by atoms with E-state index in [4.69, 9.17) is 5.26 Å². The molecule has 0 heterocycles. The van der Waals surface area contributed by atoms with Crippen LogP contribution in [0.4, 0.5) is 0 Å². The van der Waals surface area contributed by atoms with Crippen LogP contribution in [0.5, 0.6) is 0 Å². The van der Waals surface area contributed by atoms with E-state index in [1.807, 2.05) is 32.7 Å². The maximum atomic E-state index is 11.6. The van der Waals surface area contributed by atoms with Crippen molar-refractivity contribution in [3.8, 4) is 6.07 Å². The topological polar surface area (TPSA) is 56.1 Å². The molecule has 0 fully saturated rings. The van der Waals surface area contributed by atoms with Gasteiger partial charge < -0.3 is 5.32 Å². The van der Waals surface area contributed by atoms with Gasteiger partial charge in [-0.2, -0.15) is 5.26 Å². The van der Waals surface area contributed by atoms with Crippen molar-refractivity contribution in [2.75, 3.05) is 20.1 Å². The molecule has 1 amide bonds. The minimum Gasteiger partial charge on any atom is -0.350 e. The Morgan fingerprint density at radius 3 is 2.60 bits per heavy atom. The summed E-state index contributed by atoms with van der Waals surface area (Å²) in [6.07, 6.45) is 1.36. The van der Waals surface area contributed by atoms with E-state index < -0.39 is 0 Å². The van der Waals surface area contributed by atoms with Gasteiger partial charge in [-0.25, -0.2) is 0 Å². The number of nitriles is 1. The summed E-state index contributed by atoms with van der Waals surface area (Å²) in [6.45, 7) is 7.03. The number of hydrogen-bond donors (Lipinski definition) is 1. The molecular formula is C11H21N3O. The van der Waals surface area contributed by atoms with E-state index in [1.54, 1.807) is 0 Å². The zero-order valence-electron chi connectivity index (χ0n) is 10.1. The summed E-state index contributed by atoms with van der Waals surface area (Å²) in [7, 11) is 1.84. The molecule has 0 bridgehead atoms. The molecule has 0 aliphatic rings. The maximum Gasteiger partial charge on any atom is 0.234 e. The van der Waals surface area contributed by atoms with Crippen molar-refractivity contribution in [3.05, 3.63) is 0 Å². The predicted octanol–water partition coefficient (Wildman–Crippen LogP) is 1.14. The Morgan fingerprint density at radius 2 is 2.13 bits per heavy atom. The zero-order valence-corrected chi connectivity index (χ0v) is 10.1. The lowest BCUT2D eigenvalue weighted by Gasteiger charge is -2.26. The first-order valence-corrected chi connectivity index (χ1v) is 5.28. The standard InChI is InChI=1S/C11H21N3O/c1-5-11(2,3)13-10(15)9-14(4)8-6-7-12/h5-6,8-9H2,1-4H3,(H,13,15). The first kappa shape index (κ1) is 13.9. The van der Waals surface area contributed by atoms with Gasteiger partial charge in [-0.3, -0.25) is 9.69 Å². The Kier molecular flexibility index (Phi) is 5.95. The molecule has 0 saturated carbocycles. The Labute approximate surface area is 92.3 Å². The van der Waals surface area contributed by atoms with Gasteiger partial charge in [0.2, 0.25) is 5.91 Å². The van der Waals surface area contributed by atoms with Gasteiger partial charge in [0, 0.05) is 18.5 Å². The van der Waals surface area contributed by atoms with Crippen molar-refractivity contribution < 1.29 is 4.79 Å². The molecule has 0 atom stereocenters. The van der Waals surface area contributed by atoms with Crippen LogP contribution in [-0.2, 0) is 4.79 Å². The smallest absolute Gasteiger partial charge is 0.234 e. The van der Waals surface area contributed by atoms with Gasteiger partial charge in [-0.05, 0) is 27.3 Å². The monoisotopic (exact) mass is 211 g/mol. The number of likely N-dealkylation sites (N-methyl/N-ethyl adjacent to an activating group) is 1. The van der Waals surface area contributed by atoms with Gasteiger partial charge >= 0.3 is 0 Å². The molecule has 0 saturated heterocycles. The molecule has 0 radical (unpaired) electrons. The highest BCUT2D eigenvalue weighted by Crippen LogP contribution is 2.06. The van der Waals surface area contributed by atoms with Gasteiger partial charge in [0.25, 0.3) is 0 Å². The molecule has 4 heteroatoms. The van der Waals surface area contributed by atoms with Crippen molar-refractivity contribution in [2.24, 2.45) is 0 Å². The Morgan fingerprint density at radius 1 is 1.53 bits per heavy atom. The molecule has 0 rings (SSSR count). The van der Waals surface area contributed by atoms with Crippen LogP contribution in [0, 0.1) is 11.3 Å². The molecule has 0 spiro atoms. The lowest BCUT2D eigenvalue weighted by atomic mass is 10.0. The lowest BCUT2D eigenvalue weighted by Crippen LogP contribution is -2.46. The number of nitrogens with zero attached hydrogens (tertiary/aromatic N) is 2. The minimum atomic E-state index is -0.146. The molecule has 15 heavy (non-hydrogen) atoms. The Balaban J connectivity index is 3.89. The average Bonchev–Trinajstić information content (AvgIpc) is 2.13. The third-order valence-electron chi connectivity index (χ3n) is 2.38. The highest BCUT2D eigenvalue weighted by atomic mass is 16.2. The minimum absolute atomic E-state index is 0.0160. The van der Waals surface area contributed by atoms with E-state index >= 15 is 0 Å². The molecule has 0 unspecified atom stereocenters. The number of nitrogens with one attached hydrogen (secondary N) is 1. The van der Waals surface area contributed by atoms with E-state index in [2.05, 4.69) is 11.4 Å². The Hall–Kier alpha value is -1.08. The molecule has 86 valence electrons. The number of carbonyl (C=O) groups excluding carboxylic acids is 1. The van der Waals surface area contributed by atoms with Crippen LogP contribution >= 0.6 is 0 Å². The van der Waals surface area contributed by atoms with Crippen molar-refractivity contribution >= 4 is 5.91 Å². The largest absolute Gasteiger partial charge is 0.350 e. The molecular weight excluding hydrogens is 190 g/mol. The Bertz CT molecular complexity index is 243. The van der Waals surface area contributed by atoms with Crippen LogP contribution in [0.15, 0.2) is 0 Å². The molecule has 0 aromatic heterocycles. The summed E-state index contributed by atoms with van der Waals surface area (Å²) in [4.78, 5) is 13.4. The first-order valence-electron chi connectivity index (χ1n) is 5.28. The van der Waals surface area contributed by atoms with Crippen molar-refractivity contribution in [1.29, 1.82) is 5.26 Å². The van der Waals surface area contributed by atoms with Gasteiger partial charge in [-0.15, -0.1) is 0 Å². The molecule has 1 N–H and O–H groups in total. The number of amides is 1.